The number of carbonyl (C=O) groups excluding carboxylic acids is 1. The zero-order chi connectivity index (χ0) is 20.3. The molecule has 2 aromatic heterocycles. The van der Waals surface area contributed by atoms with Gasteiger partial charge in [-0.15, -0.1) is 24.8 Å². The first-order chi connectivity index (χ1) is 13.4. The molecular formula is C22H31Cl2N5O. The molecule has 164 valence electrons. The minimum absolute atomic E-state index is 0. The molecule has 0 aliphatic carbocycles. The van der Waals surface area contributed by atoms with Gasteiger partial charge in [0.1, 0.15) is 0 Å². The fraction of sp³-hybridized carbons (Fsp3) is 0.409. The molecule has 3 rings (SSSR count). The third-order valence-corrected chi connectivity index (χ3v) is 5.21. The molecule has 0 radical (unpaired) electrons. The molecule has 2 heterocycles. The Morgan fingerprint density at radius 3 is 2.47 bits per heavy atom. The van der Waals surface area contributed by atoms with E-state index in [9.17, 15) is 4.79 Å². The largest absolute Gasteiger partial charge is 0.342 e. The second-order valence-corrected chi connectivity index (χ2v) is 7.54. The van der Waals surface area contributed by atoms with E-state index in [1.807, 2.05) is 55.1 Å². The van der Waals surface area contributed by atoms with Crippen molar-refractivity contribution in [3.05, 3.63) is 48.2 Å². The van der Waals surface area contributed by atoms with Crippen molar-refractivity contribution in [1.29, 1.82) is 0 Å². The average molecular weight is 452 g/mol. The van der Waals surface area contributed by atoms with Crippen LogP contribution in [0, 0.1) is 5.92 Å². The molecule has 0 bridgehead atoms. The third kappa shape index (κ3) is 5.50. The SMILES string of the molecule is CCn1ncc2c(C(=O)N(C)CCC(N)C(C)C)cc(-c3ccccc3)nc21.Cl.Cl. The van der Waals surface area contributed by atoms with E-state index in [1.54, 1.807) is 11.1 Å². The Morgan fingerprint density at radius 1 is 1.20 bits per heavy atom. The number of pyridine rings is 1. The highest BCUT2D eigenvalue weighted by atomic mass is 35.5. The molecule has 1 amide bonds. The number of nitrogens with two attached hydrogens (primary N) is 1. The van der Waals surface area contributed by atoms with Gasteiger partial charge in [0.25, 0.3) is 5.91 Å². The molecule has 8 heteroatoms. The summed E-state index contributed by atoms with van der Waals surface area (Å²) in [5.74, 6) is 0.361. The first-order valence-electron chi connectivity index (χ1n) is 9.85. The molecule has 0 saturated carbocycles. The number of amides is 1. The van der Waals surface area contributed by atoms with Crippen LogP contribution in [-0.4, -0.2) is 45.2 Å². The molecule has 0 aliphatic heterocycles. The maximum Gasteiger partial charge on any atom is 0.254 e. The highest BCUT2D eigenvalue weighted by Gasteiger charge is 2.20. The van der Waals surface area contributed by atoms with Crippen molar-refractivity contribution >= 4 is 41.8 Å². The summed E-state index contributed by atoms with van der Waals surface area (Å²) in [6.45, 7) is 7.53. The van der Waals surface area contributed by atoms with Crippen LogP contribution in [0.4, 0.5) is 0 Å². The molecule has 1 unspecified atom stereocenters. The molecule has 0 saturated heterocycles. The standard InChI is InChI=1S/C22H29N5O.2ClH/c1-5-27-21-18(14-24-27)17(13-20(25-21)16-9-7-6-8-10-16)22(28)26(4)12-11-19(23)15(2)3;;/h6-10,13-15,19H,5,11-12,23H2,1-4H3;2*1H. The van der Waals surface area contributed by atoms with Gasteiger partial charge in [0.15, 0.2) is 5.65 Å². The van der Waals surface area contributed by atoms with E-state index < -0.39 is 0 Å². The summed E-state index contributed by atoms with van der Waals surface area (Å²) >= 11 is 0. The molecule has 30 heavy (non-hydrogen) atoms. The molecule has 2 N–H and O–H groups in total. The number of aryl methyl sites for hydroxylation is 1. The predicted molar refractivity (Wildman–Crippen MR) is 128 cm³/mol. The predicted octanol–water partition coefficient (Wildman–Crippen LogP) is 4.41. The van der Waals surface area contributed by atoms with Crippen molar-refractivity contribution in [2.75, 3.05) is 13.6 Å². The van der Waals surface area contributed by atoms with Crippen LogP contribution in [0.3, 0.4) is 0 Å². The number of fused-ring (bicyclic) bond motifs is 1. The van der Waals surface area contributed by atoms with Gasteiger partial charge in [-0.25, -0.2) is 9.67 Å². The maximum absolute atomic E-state index is 13.2. The smallest absolute Gasteiger partial charge is 0.254 e. The van der Waals surface area contributed by atoms with E-state index in [0.29, 0.717) is 24.6 Å². The number of hydrogen-bond acceptors (Lipinski definition) is 4. The summed E-state index contributed by atoms with van der Waals surface area (Å²) in [6, 6.07) is 11.9. The fourth-order valence-corrected chi connectivity index (χ4v) is 3.20. The number of carbonyl (C=O) groups is 1. The van der Waals surface area contributed by atoms with Gasteiger partial charge < -0.3 is 10.6 Å². The van der Waals surface area contributed by atoms with Gasteiger partial charge in [-0.1, -0.05) is 44.2 Å². The van der Waals surface area contributed by atoms with Crippen molar-refractivity contribution in [2.24, 2.45) is 11.7 Å². The third-order valence-electron chi connectivity index (χ3n) is 5.21. The monoisotopic (exact) mass is 451 g/mol. The van der Waals surface area contributed by atoms with Gasteiger partial charge >= 0.3 is 0 Å². The summed E-state index contributed by atoms with van der Waals surface area (Å²) in [7, 11) is 1.83. The lowest BCUT2D eigenvalue weighted by Crippen LogP contribution is -2.34. The lowest BCUT2D eigenvalue weighted by atomic mass is 10.0. The van der Waals surface area contributed by atoms with Crippen molar-refractivity contribution < 1.29 is 4.79 Å². The number of nitrogens with zero attached hydrogens (tertiary/aromatic N) is 4. The van der Waals surface area contributed by atoms with Gasteiger partial charge in [0.2, 0.25) is 0 Å². The molecule has 0 spiro atoms. The number of hydrogen-bond donors (Lipinski definition) is 1. The Balaban J connectivity index is 0.00000225. The van der Waals surface area contributed by atoms with Crippen LogP contribution in [0.15, 0.2) is 42.6 Å². The summed E-state index contributed by atoms with van der Waals surface area (Å²) < 4.78 is 1.83. The van der Waals surface area contributed by atoms with Crippen molar-refractivity contribution in [3.8, 4) is 11.3 Å². The molecule has 1 atom stereocenters. The molecule has 0 fully saturated rings. The lowest BCUT2D eigenvalue weighted by Gasteiger charge is -2.22. The Hall–Kier alpha value is -2.15. The molecule has 1 aromatic carbocycles. The minimum Gasteiger partial charge on any atom is -0.342 e. The zero-order valence-corrected chi connectivity index (χ0v) is 19.5. The molecular weight excluding hydrogens is 421 g/mol. The van der Waals surface area contributed by atoms with Crippen LogP contribution in [0.5, 0.6) is 0 Å². The van der Waals surface area contributed by atoms with E-state index in [1.165, 1.54) is 0 Å². The van der Waals surface area contributed by atoms with Gasteiger partial charge in [-0.05, 0) is 25.3 Å². The van der Waals surface area contributed by atoms with E-state index in [2.05, 4.69) is 18.9 Å². The van der Waals surface area contributed by atoms with Crippen molar-refractivity contribution in [2.45, 2.75) is 39.8 Å². The lowest BCUT2D eigenvalue weighted by molar-refractivity contribution is 0.0791. The van der Waals surface area contributed by atoms with Gasteiger partial charge in [0.05, 0.1) is 22.8 Å². The van der Waals surface area contributed by atoms with Gasteiger partial charge in [0, 0.05) is 31.7 Å². The van der Waals surface area contributed by atoms with Crippen LogP contribution in [0.25, 0.3) is 22.3 Å². The van der Waals surface area contributed by atoms with E-state index in [-0.39, 0.29) is 36.8 Å². The van der Waals surface area contributed by atoms with Crippen LogP contribution >= 0.6 is 24.8 Å². The zero-order valence-electron chi connectivity index (χ0n) is 17.9. The summed E-state index contributed by atoms with van der Waals surface area (Å²) in [6.07, 6.45) is 2.51. The van der Waals surface area contributed by atoms with E-state index in [4.69, 9.17) is 10.7 Å². The average Bonchev–Trinajstić information content (AvgIpc) is 3.14. The van der Waals surface area contributed by atoms with E-state index in [0.717, 1.165) is 28.7 Å². The molecule has 0 aliphatic rings. The second-order valence-electron chi connectivity index (χ2n) is 7.54. The molecule has 6 nitrogen and oxygen atoms in total. The first-order valence-corrected chi connectivity index (χ1v) is 9.85. The van der Waals surface area contributed by atoms with E-state index >= 15 is 0 Å². The Morgan fingerprint density at radius 2 is 1.87 bits per heavy atom. The van der Waals surface area contributed by atoms with Gasteiger partial charge in [-0.3, -0.25) is 4.79 Å². The number of benzene rings is 1. The molecule has 3 aromatic rings. The van der Waals surface area contributed by atoms with Crippen molar-refractivity contribution in [3.63, 3.8) is 0 Å². The van der Waals surface area contributed by atoms with Gasteiger partial charge in [-0.2, -0.15) is 5.10 Å². The Bertz CT molecular complexity index is 959. The quantitative estimate of drug-likeness (QED) is 0.576. The van der Waals surface area contributed by atoms with Crippen LogP contribution < -0.4 is 5.73 Å². The van der Waals surface area contributed by atoms with Crippen LogP contribution in [0.2, 0.25) is 0 Å². The summed E-state index contributed by atoms with van der Waals surface area (Å²) in [5.41, 5.74) is 9.27. The second kappa shape index (κ2) is 11.3. The summed E-state index contributed by atoms with van der Waals surface area (Å²) in [4.78, 5) is 19.8. The van der Waals surface area contributed by atoms with Crippen LogP contribution in [-0.2, 0) is 6.54 Å². The van der Waals surface area contributed by atoms with Crippen LogP contribution in [0.1, 0.15) is 37.6 Å². The number of rotatable bonds is 7. The topological polar surface area (TPSA) is 77.0 Å². The first kappa shape index (κ1) is 25.9. The minimum atomic E-state index is -0.0313. The summed E-state index contributed by atoms with van der Waals surface area (Å²) in [5, 5.41) is 5.20. The maximum atomic E-state index is 13.2. The highest BCUT2D eigenvalue weighted by molar-refractivity contribution is 6.06. The number of aromatic nitrogens is 3. The van der Waals surface area contributed by atoms with Crippen molar-refractivity contribution in [1.82, 2.24) is 19.7 Å². The Labute approximate surface area is 190 Å². The number of halogens is 2. The normalized spacial score (nSPS) is 11.7. The highest BCUT2D eigenvalue weighted by Crippen LogP contribution is 2.26. The fourth-order valence-electron chi connectivity index (χ4n) is 3.20. The Kier molecular flexibility index (Phi) is 9.75.